The Hall–Kier alpha value is -2.59. The molecule has 2 aromatic carbocycles. The van der Waals surface area contributed by atoms with Crippen molar-refractivity contribution in [3.63, 3.8) is 0 Å². The maximum absolute atomic E-state index is 12.3. The molecule has 0 aliphatic heterocycles. The van der Waals surface area contributed by atoms with Gasteiger partial charge < -0.3 is 14.5 Å². The molecule has 1 heterocycles. The van der Waals surface area contributed by atoms with Crippen LogP contribution in [-0.2, 0) is 29.1 Å². The minimum Gasteiger partial charge on any atom is -0.464 e. The fourth-order valence-electron chi connectivity index (χ4n) is 2.88. The smallest absolute Gasteiger partial charge is 0.224 e. The van der Waals surface area contributed by atoms with Gasteiger partial charge in [0.1, 0.15) is 5.58 Å². The van der Waals surface area contributed by atoms with E-state index in [9.17, 15) is 4.79 Å². The summed E-state index contributed by atoms with van der Waals surface area (Å²) in [7, 11) is 1.68. The Morgan fingerprint density at radius 1 is 1.08 bits per heavy atom. The SMILES string of the molecule is COCc1ccc(CNC(=O)Cc2coc3c(C)c(C)ccc23)cc1. The third-order valence-electron chi connectivity index (χ3n) is 4.52. The number of carbonyl (C=O) groups is 1. The molecule has 0 atom stereocenters. The van der Waals surface area contributed by atoms with Crippen molar-refractivity contribution < 1.29 is 13.9 Å². The van der Waals surface area contributed by atoms with Gasteiger partial charge in [0, 0.05) is 24.6 Å². The number of aryl methyl sites for hydroxylation is 2. The van der Waals surface area contributed by atoms with Crippen molar-refractivity contribution in [2.24, 2.45) is 0 Å². The van der Waals surface area contributed by atoms with Crippen LogP contribution >= 0.6 is 0 Å². The van der Waals surface area contributed by atoms with Gasteiger partial charge in [0.25, 0.3) is 0 Å². The molecule has 25 heavy (non-hydrogen) atoms. The number of benzene rings is 2. The number of hydrogen-bond donors (Lipinski definition) is 1. The third-order valence-corrected chi connectivity index (χ3v) is 4.52. The van der Waals surface area contributed by atoms with Crippen molar-refractivity contribution in [2.75, 3.05) is 7.11 Å². The Balaban J connectivity index is 1.62. The number of fused-ring (bicyclic) bond motifs is 1. The summed E-state index contributed by atoms with van der Waals surface area (Å²) >= 11 is 0. The van der Waals surface area contributed by atoms with Gasteiger partial charge in [-0.15, -0.1) is 0 Å². The summed E-state index contributed by atoms with van der Waals surface area (Å²) in [6.45, 7) is 5.21. The van der Waals surface area contributed by atoms with Crippen LogP contribution in [0.5, 0.6) is 0 Å². The maximum Gasteiger partial charge on any atom is 0.224 e. The van der Waals surface area contributed by atoms with E-state index >= 15 is 0 Å². The van der Waals surface area contributed by atoms with Crippen molar-refractivity contribution >= 4 is 16.9 Å². The zero-order chi connectivity index (χ0) is 17.8. The maximum atomic E-state index is 12.3. The summed E-state index contributed by atoms with van der Waals surface area (Å²) in [5.41, 5.74) is 6.29. The van der Waals surface area contributed by atoms with Crippen molar-refractivity contribution in [3.05, 3.63) is 70.5 Å². The molecule has 130 valence electrons. The fraction of sp³-hybridized carbons (Fsp3) is 0.286. The summed E-state index contributed by atoms with van der Waals surface area (Å²) in [5.74, 6) is -0.0121. The van der Waals surface area contributed by atoms with Gasteiger partial charge >= 0.3 is 0 Å². The molecular weight excluding hydrogens is 314 g/mol. The number of ether oxygens (including phenoxy) is 1. The highest BCUT2D eigenvalue weighted by molar-refractivity contribution is 5.89. The minimum atomic E-state index is -0.0121. The van der Waals surface area contributed by atoms with Crippen LogP contribution < -0.4 is 5.32 Å². The van der Waals surface area contributed by atoms with Gasteiger partial charge in [0.05, 0.1) is 19.3 Å². The Labute approximate surface area is 147 Å². The minimum absolute atomic E-state index is 0.0121. The molecule has 0 saturated carbocycles. The highest BCUT2D eigenvalue weighted by Crippen LogP contribution is 2.26. The standard InChI is InChI=1S/C21H23NO3/c1-14-4-9-19-18(13-25-21(19)15(14)2)10-20(23)22-11-16-5-7-17(8-6-16)12-24-3/h4-9,13H,10-12H2,1-3H3,(H,22,23). The molecular formula is C21H23NO3. The first-order chi connectivity index (χ1) is 12.1. The van der Waals surface area contributed by atoms with Crippen LogP contribution in [0, 0.1) is 13.8 Å². The van der Waals surface area contributed by atoms with Crippen LogP contribution in [0.15, 0.2) is 47.1 Å². The number of amides is 1. The Morgan fingerprint density at radius 3 is 2.52 bits per heavy atom. The molecule has 1 aromatic heterocycles. The summed E-state index contributed by atoms with van der Waals surface area (Å²) in [5, 5.41) is 3.98. The van der Waals surface area contributed by atoms with Crippen molar-refractivity contribution in [1.29, 1.82) is 0 Å². The Morgan fingerprint density at radius 2 is 1.80 bits per heavy atom. The Kier molecular flexibility index (Phi) is 5.19. The second-order valence-corrected chi connectivity index (χ2v) is 6.35. The largest absolute Gasteiger partial charge is 0.464 e. The lowest BCUT2D eigenvalue weighted by atomic mass is 10.0. The quantitative estimate of drug-likeness (QED) is 0.738. The van der Waals surface area contributed by atoms with E-state index in [2.05, 4.69) is 18.3 Å². The second kappa shape index (κ2) is 7.53. The van der Waals surface area contributed by atoms with Crippen LogP contribution in [0.25, 0.3) is 11.0 Å². The normalized spacial score (nSPS) is 11.0. The lowest BCUT2D eigenvalue weighted by molar-refractivity contribution is -0.120. The monoisotopic (exact) mass is 337 g/mol. The molecule has 4 nitrogen and oxygen atoms in total. The van der Waals surface area contributed by atoms with Gasteiger partial charge in [-0.2, -0.15) is 0 Å². The Bertz CT molecular complexity index is 878. The molecule has 0 spiro atoms. The predicted octanol–water partition coefficient (Wildman–Crippen LogP) is 4.05. The number of rotatable bonds is 6. The van der Waals surface area contributed by atoms with Gasteiger partial charge in [-0.25, -0.2) is 0 Å². The van der Waals surface area contributed by atoms with E-state index in [1.54, 1.807) is 13.4 Å². The zero-order valence-electron chi connectivity index (χ0n) is 14.9. The average Bonchev–Trinajstić information content (AvgIpc) is 3.01. The zero-order valence-corrected chi connectivity index (χ0v) is 14.9. The highest BCUT2D eigenvalue weighted by Gasteiger charge is 2.12. The van der Waals surface area contributed by atoms with Crippen molar-refractivity contribution in [2.45, 2.75) is 33.4 Å². The molecule has 3 rings (SSSR count). The summed E-state index contributed by atoms with van der Waals surface area (Å²) in [4.78, 5) is 12.3. The molecule has 0 saturated heterocycles. The van der Waals surface area contributed by atoms with Gasteiger partial charge in [-0.1, -0.05) is 36.4 Å². The van der Waals surface area contributed by atoms with Crippen LogP contribution in [0.2, 0.25) is 0 Å². The molecule has 0 aliphatic rings. The number of furan rings is 1. The number of carbonyl (C=O) groups excluding carboxylic acids is 1. The molecule has 0 bridgehead atoms. The summed E-state index contributed by atoms with van der Waals surface area (Å²) < 4.78 is 10.8. The van der Waals surface area contributed by atoms with E-state index in [0.29, 0.717) is 19.6 Å². The number of nitrogens with one attached hydrogen (secondary N) is 1. The molecule has 0 unspecified atom stereocenters. The first-order valence-corrected chi connectivity index (χ1v) is 8.38. The van der Waals surface area contributed by atoms with E-state index in [-0.39, 0.29) is 5.91 Å². The third kappa shape index (κ3) is 3.91. The van der Waals surface area contributed by atoms with Gasteiger partial charge in [0.15, 0.2) is 0 Å². The molecule has 4 heteroatoms. The number of methoxy groups -OCH3 is 1. The summed E-state index contributed by atoms with van der Waals surface area (Å²) in [6, 6.07) is 12.1. The average molecular weight is 337 g/mol. The van der Waals surface area contributed by atoms with E-state index in [1.165, 1.54) is 5.56 Å². The van der Waals surface area contributed by atoms with Crippen LogP contribution in [0.1, 0.15) is 27.8 Å². The predicted molar refractivity (Wildman–Crippen MR) is 98.4 cm³/mol. The van der Waals surface area contributed by atoms with Crippen LogP contribution in [-0.4, -0.2) is 13.0 Å². The van der Waals surface area contributed by atoms with E-state index in [1.807, 2.05) is 37.3 Å². The second-order valence-electron chi connectivity index (χ2n) is 6.35. The lowest BCUT2D eigenvalue weighted by Gasteiger charge is -2.06. The molecule has 3 aromatic rings. The van der Waals surface area contributed by atoms with Crippen molar-refractivity contribution in [3.8, 4) is 0 Å². The molecule has 0 aliphatic carbocycles. The molecule has 1 amide bonds. The van der Waals surface area contributed by atoms with Crippen LogP contribution in [0.3, 0.4) is 0 Å². The van der Waals surface area contributed by atoms with E-state index in [4.69, 9.17) is 9.15 Å². The molecule has 0 fully saturated rings. The lowest BCUT2D eigenvalue weighted by Crippen LogP contribution is -2.24. The first kappa shape index (κ1) is 17.2. The molecule has 0 radical (unpaired) electrons. The van der Waals surface area contributed by atoms with Gasteiger partial charge in [0.2, 0.25) is 5.91 Å². The number of hydrogen-bond acceptors (Lipinski definition) is 3. The topological polar surface area (TPSA) is 51.5 Å². The fourth-order valence-corrected chi connectivity index (χ4v) is 2.88. The van der Waals surface area contributed by atoms with Crippen LogP contribution in [0.4, 0.5) is 0 Å². The molecule has 1 N–H and O–H groups in total. The van der Waals surface area contributed by atoms with E-state index in [0.717, 1.165) is 33.2 Å². The highest BCUT2D eigenvalue weighted by atomic mass is 16.5. The van der Waals surface area contributed by atoms with E-state index < -0.39 is 0 Å². The van der Waals surface area contributed by atoms with Gasteiger partial charge in [-0.3, -0.25) is 4.79 Å². The van der Waals surface area contributed by atoms with Gasteiger partial charge in [-0.05, 0) is 36.1 Å². The first-order valence-electron chi connectivity index (χ1n) is 8.38. The van der Waals surface area contributed by atoms with Crippen molar-refractivity contribution in [1.82, 2.24) is 5.32 Å². The summed E-state index contributed by atoms with van der Waals surface area (Å²) in [6.07, 6.45) is 2.01.